The molecule has 1 rings (SSSR count). The van der Waals surface area contributed by atoms with E-state index < -0.39 is 0 Å². The van der Waals surface area contributed by atoms with Crippen molar-refractivity contribution in [3.63, 3.8) is 0 Å². The highest BCUT2D eigenvalue weighted by Gasteiger charge is 2.19. The Labute approximate surface area is 66.1 Å². The van der Waals surface area contributed by atoms with E-state index in [1.165, 1.54) is 0 Å². The maximum atomic E-state index is 9.10. The first-order valence-electron chi connectivity index (χ1n) is 3.42. The Bertz CT molecular complexity index is 138. The van der Waals surface area contributed by atoms with E-state index in [-0.39, 0.29) is 6.10 Å². The summed E-state index contributed by atoms with van der Waals surface area (Å²) in [5.41, 5.74) is 0. The molecule has 1 atom stereocenters. The van der Waals surface area contributed by atoms with Gasteiger partial charge < -0.3 is 5.11 Å². The van der Waals surface area contributed by atoms with Crippen LogP contribution in [-0.2, 0) is 0 Å². The maximum Gasteiger partial charge on any atom is 0.0679 e. The molecule has 1 saturated heterocycles. The lowest BCUT2D eigenvalue weighted by Crippen LogP contribution is -2.23. The summed E-state index contributed by atoms with van der Waals surface area (Å²) < 4.78 is 0. The van der Waals surface area contributed by atoms with Gasteiger partial charge in [-0.3, -0.25) is 4.90 Å². The fourth-order valence-corrected chi connectivity index (χ4v) is 1.37. The van der Waals surface area contributed by atoms with Gasteiger partial charge in [-0.2, -0.15) is 0 Å². The summed E-state index contributed by atoms with van der Waals surface area (Å²) in [5, 5.41) is 9.75. The summed E-state index contributed by atoms with van der Waals surface area (Å²) in [7, 11) is 0. The van der Waals surface area contributed by atoms with Gasteiger partial charge in [-0.1, -0.05) is 18.2 Å². The zero-order valence-electron chi connectivity index (χ0n) is 5.89. The minimum absolute atomic E-state index is 0.156. The summed E-state index contributed by atoms with van der Waals surface area (Å²) in [6.07, 6.45) is 0.709. The molecular formula is C7H12ClNO. The highest BCUT2D eigenvalue weighted by molar-refractivity contribution is 6.29. The average molecular weight is 162 g/mol. The lowest BCUT2D eigenvalue weighted by atomic mass is 10.3. The van der Waals surface area contributed by atoms with E-state index in [0.29, 0.717) is 11.6 Å². The Balaban J connectivity index is 2.24. The lowest BCUT2D eigenvalue weighted by Gasteiger charge is -2.12. The fourth-order valence-electron chi connectivity index (χ4n) is 1.20. The molecule has 0 spiro atoms. The Morgan fingerprint density at radius 1 is 1.80 bits per heavy atom. The van der Waals surface area contributed by atoms with Crippen molar-refractivity contribution in [3.8, 4) is 0 Å². The van der Waals surface area contributed by atoms with Crippen LogP contribution >= 0.6 is 11.6 Å². The highest BCUT2D eigenvalue weighted by Crippen LogP contribution is 2.11. The van der Waals surface area contributed by atoms with Gasteiger partial charge in [0.05, 0.1) is 6.10 Å². The van der Waals surface area contributed by atoms with Gasteiger partial charge in [0.15, 0.2) is 0 Å². The molecule has 0 aromatic rings. The predicted molar refractivity (Wildman–Crippen MR) is 42.1 cm³/mol. The number of rotatable bonds is 2. The van der Waals surface area contributed by atoms with Crippen LogP contribution in [0.2, 0.25) is 0 Å². The molecule has 0 aromatic heterocycles. The molecule has 1 aliphatic heterocycles. The molecule has 58 valence electrons. The molecule has 3 heteroatoms. The second kappa shape index (κ2) is 3.37. The number of aliphatic hydroxyl groups is 1. The van der Waals surface area contributed by atoms with Crippen LogP contribution in [0.3, 0.4) is 0 Å². The van der Waals surface area contributed by atoms with Crippen molar-refractivity contribution in [1.29, 1.82) is 0 Å². The Morgan fingerprint density at radius 3 is 2.90 bits per heavy atom. The van der Waals surface area contributed by atoms with Crippen molar-refractivity contribution in [2.45, 2.75) is 12.5 Å². The molecule has 0 saturated carbocycles. The van der Waals surface area contributed by atoms with Crippen LogP contribution in [0.1, 0.15) is 6.42 Å². The van der Waals surface area contributed by atoms with Gasteiger partial charge in [-0.25, -0.2) is 0 Å². The zero-order chi connectivity index (χ0) is 7.56. The summed E-state index contributed by atoms with van der Waals surface area (Å²) >= 11 is 5.59. The predicted octanol–water partition coefficient (Wildman–Crippen LogP) is 0.806. The first kappa shape index (κ1) is 8.05. The van der Waals surface area contributed by atoms with Gasteiger partial charge in [0.1, 0.15) is 0 Å². The molecule has 0 bridgehead atoms. The summed E-state index contributed by atoms with van der Waals surface area (Å²) in [5.74, 6) is 0. The largest absolute Gasteiger partial charge is 0.392 e. The molecule has 1 heterocycles. The van der Waals surface area contributed by atoms with Crippen LogP contribution in [0.4, 0.5) is 0 Å². The molecule has 2 nitrogen and oxygen atoms in total. The zero-order valence-corrected chi connectivity index (χ0v) is 6.64. The first-order chi connectivity index (χ1) is 4.68. The highest BCUT2D eigenvalue weighted by atomic mass is 35.5. The summed E-state index contributed by atoms with van der Waals surface area (Å²) in [4.78, 5) is 2.10. The Morgan fingerprint density at radius 2 is 2.50 bits per heavy atom. The van der Waals surface area contributed by atoms with E-state index in [1.807, 2.05) is 0 Å². The van der Waals surface area contributed by atoms with Gasteiger partial charge >= 0.3 is 0 Å². The summed E-state index contributed by atoms with van der Waals surface area (Å²) in [6.45, 7) is 5.97. The number of nitrogens with zero attached hydrogens (tertiary/aromatic N) is 1. The molecular weight excluding hydrogens is 150 g/mol. The van der Waals surface area contributed by atoms with E-state index in [2.05, 4.69) is 11.5 Å². The van der Waals surface area contributed by atoms with Crippen molar-refractivity contribution in [1.82, 2.24) is 4.90 Å². The van der Waals surface area contributed by atoms with E-state index in [1.54, 1.807) is 0 Å². The summed E-state index contributed by atoms with van der Waals surface area (Å²) in [6, 6.07) is 0. The third kappa shape index (κ3) is 2.29. The molecule has 0 radical (unpaired) electrons. The number of hydrogen-bond acceptors (Lipinski definition) is 2. The van der Waals surface area contributed by atoms with Crippen molar-refractivity contribution in [2.24, 2.45) is 0 Å². The molecule has 1 unspecified atom stereocenters. The minimum Gasteiger partial charge on any atom is -0.392 e. The van der Waals surface area contributed by atoms with Crippen LogP contribution in [0.25, 0.3) is 0 Å². The van der Waals surface area contributed by atoms with Crippen molar-refractivity contribution in [3.05, 3.63) is 11.6 Å². The first-order valence-corrected chi connectivity index (χ1v) is 3.80. The number of hydrogen-bond donors (Lipinski definition) is 1. The number of aliphatic hydroxyl groups excluding tert-OH is 1. The van der Waals surface area contributed by atoms with Crippen molar-refractivity contribution in [2.75, 3.05) is 19.6 Å². The SMILES string of the molecule is C=C(Cl)CN1CCC(O)C1. The standard InChI is InChI=1S/C7H12ClNO/c1-6(8)4-9-3-2-7(10)5-9/h7,10H,1-5H2. The molecule has 0 amide bonds. The monoisotopic (exact) mass is 161 g/mol. The van der Waals surface area contributed by atoms with Crippen LogP contribution in [0, 0.1) is 0 Å². The Hall–Kier alpha value is -0.0500. The van der Waals surface area contributed by atoms with Gasteiger partial charge in [0.2, 0.25) is 0 Å². The van der Waals surface area contributed by atoms with Crippen LogP contribution in [0.15, 0.2) is 11.6 Å². The molecule has 0 aromatic carbocycles. The smallest absolute Gasteiger partial charge is 0.0679 e. The molecule has 1 aliphatic rings. The average Bonchev–Trinajstić information content (AvgIpc) is 2.13. The Kier molecular flexibility index (Phi) is 2.72. The van der Waals surface area contributed by atoms with Crippen LogP contribution in [0.5, 0.6) is 0 Å². The van der Waals surface area contributed by atoms with Gasteiger partial charge in [-0.15, -0.1) is 0 Å². The minimum atomic E-state index is -0.156. The quantitative estimate of drug-likeness (QED) is 0.648. The van der Waals surface area contributed by atoms with Gasteiger partial charge in [-0.05, 0) is 6.42 Å². The van der Waals surface area contributed by atoms with E-state index in [0.717, 1.165) is 19.5 Å². The number of β-amino-alcohol motifs (C(OH)–C–C–N with tert-alkyl or cyclic N) is 1. The number of likely N-dealkylation sites (tertiary alicyclic amines) is 1. The van der Waals surface area contributed by atoms with E-state index in [4.69, 9.17) is 16.7 Å². The molecule has 1 fully saturated rings. The van der Waals surface area contributed by atoms with Crippen LogP contribution in [-0.4, -0.2) is 35.7 Å². The second-order valence-electron chi connectivity index (χ2n) is 2.69. The lowest BCUT2D eigenvalue weighted by molar-refractivity contribution is 0.179. The van der Waals surface area contributed by atoms with Crippen molar-refractivity contribution < 1.29 is 5.11 Å². The molecule has 1 N–H and O–H groups in total. The fraction of sp³-hybridized carbons (Fsp3) is 0.714. The van der Waals surface area contributed by atoms with E-state index in [9.17, 15) is 0 Å². The maximum absolute atomic E-state index is 9.10. The third-order valence-electron chi connectivity index (χ3n) is 1.64. The van der Waals surface area contributed by atoms with E-state index >= 15 is 0 Å². The third-order valence-corrected chi connectivity index (χ3v) is 1.76. The van der Waals surface area contributed by atoms with Crippen molar-refractivity contribution >= 4 is 11.6 Å². The topological polar surface area (TPSA) is 23.5 Å². The molecule has 0 aliphatic carbocycles. The second-order valence-corrected chi connectivity index (χ2v) is 3.23. The van der Waals surface area contributed by atoms with Gasteiger partial charge in [0.25, 0.3) is 0 Å². The van der Waals surface area contributed by atoms with Crippen LogP contribution < -0.4 is 0 Å². The number of halogens is 1. The normalized spacial score (nSPS) is 27.2. The molecule has 10 heavy (non-hydrogen) atoms. The van der Waals surface area contributed by atoms with Gasteiger partial charge in [0, 0.05) is 24.7 Å².